The number of carbonyl (C=O) groups excluding carboxylic acids is 2. The minimum atomic E-state index is -2.07. The minimum Gasteiger partial charge on any atom is -0.444 e. The number of hydrogen-bond donors (Lipinski definition) is 1. The topological polar surface area (TPSA) is 82.5 Å². The van der Waals surface area contributed by atoms with E-state index < -0.39 is 26.1 Å². The quantitative estimate of drug-likeness (QED) is 0.804. The Morgan fingerprint density at radius 1 is 1.20 bits per heavy atom. The lowest BCUT2D eigenvalue weighted by molar-refractivity contribution is 0.0457. The van der Waals surface area contributed by atoms with Crippen molar-refractivity contribution in [3.05, 3.63) is 18.7 Å². The molecular weight excluding hydrogens is 338 g/mol. The van der Waals surface area contributed by atoms with Gasteiger partial charge in [-0.15, -0.1) is 0 Å². The number of nitrogens with zero attached hydrogens (tertiary/aromatic N) is 2. The van der Waals surface area contributed by atoms with Crippen LogP contribution in [0.15, 0.2) is 18.7 Å². The van der Waals surface area contributed by atoms with E-state index in [-0.39, 0.29) is 17.6 Å². The van der Waals surface area contributed by atoms with E-state index in [1.165, 1.54) is 17.1 Å². The maximum atomic E-state index is 12.7. The lowest BCUT2D eigenvalue weighted by Gasteiger charge is -2.37. The molecule has 0 aromatic carbocycles. The van der Waals surface area contributed by atoms with Gasteiger partial charge in [0.15, 0.2) is 8.32 Å². The molecule has 0 radical (unpaired) electrons. The molecule has 1 aromatic heterocycles. The first-order valence-corrected chi connectivity index (χ1v) is 11.3. The van der Waals surface area contributed by atoms with Crippen LogP contribution in [0.5, 0.6) is 0 Å². The largest absolute Gasteiger partial charge is 0.444 e. The Bertz CT molecular complexity index is 586. The predicted molar refractivity (Wildman–Crippen MR) is 99.2 cm³/mol. The first-order chi connectivity index (χ1) is 11.2. The van der Waals surface area contributed by atoms with Crippen molar-refractivity contribution < 1.29 is 18.8 Å². The average Bonchev–Trinajstić information content (AvgIpc) is 2.93. The Hall–Kier alpha value is -1.67. The highest BCUT2D eigenvalue weighted by molar-refractivity contribution is 6.74. The molecule has 7 nitrogen and oxygen atoms in total. The Morgan fingerprint density at radius 2 is 1.80 bits per heavy atom. The third-order valence-electron chi connectivity index (χ3n) is 4.16. The van der Waals surface area contributed by atoms with E-state index in [0.717, 1.165) is 0 Å². The van der Waals surface area contributed by atoms with Crippen LogP contribution < -0.4 is 5.32 Å². The molecule has 1 N–H and O–H groups in total. The van der Waals surface area contributed by atoms with Crippen LogP contribution in [0.3, 0.4) is 0 Å². The molecule has 1 rings (SSSR count). The third-order valence-corrected chi connectivity index (χ3v) is 8.67. The summed E-state index contributed by atoms with van der Waals surface area (Å²) in [6.07, 6.45) is 3.80. The second kappa shape index (κ2) is 7.70. The third kappa shape index (κ3) is 6.62. The molecule has 1 amide bonds. The van der Waals surface area contributed by atoms with Crippen molar-refractivity contribution in [1.29, 1.82) is 0 Å². The molecule has 0 bridgehead atoms. The molecule has 1 atom stereocenters. The van der Waals surface area contributed by atoms with Crippen LogP contribution in [0.2, 0.25) is 18.1 Å². The van der Waals surface area contributed by atoms with Gasteiger partial charge in [0.25, 0.3) is 5.91 Å². The number of hydrogen-bond acceptors (Lipinski definition) is 5. The first kappa shape index (κ1) is 21.4. The van der Waals surface area contributed by atoms with Crippen LogP contribution in [0, 0.1) is 0 Å². The molecule has 8 heteroatoms. The van der Waals surface area contributed by atoms with Crippen molar-refractivity contribution in [2.45, 2.75) is 71.3 Å². The van der Waals surface area contributed by atoms with Crippen LogP contribution in [-0.4, -0.2) is 48.1 Å². The fourth-order valence-electron chi connectivity index (χ4n) is 1.70. The van der Waals surface area contributed by atoms with E-state index in [9.17, 15) is 9.59 Å². The Balaban J connectivity index is 2.89. The standard InChI is InChI=1S/C17H31N3O4Si/c1-16(2,3)24-15(22)19-13(14(21)20-10-9-18-12-20)11-23-25(7,8)17(4,5)6/h9-10,12-13H,11H2,1-8H3,(H,19,22)/t13-/m1/s1. The zero-order chi connectivity index (χ0) is 19.5. The van der Waals surface area contributed by atoms with Crippen LogP contribution in [0.1, 0.15) is 46.3 Å². The smallest absolute Gasteiger partial charge is 0.408 e. The van der Waals surface area contributed by atoms with Gasteiger partial charge in [0, 0.05) is 12.4 Å². The van der Waals surface area contributed by atoms with E-state index >= 15 is 0 Å². The van der Waals surface area contributed by atoms with Gasteiger partial charge in [-0.3, -0.25) is 9.36 Å². The highest BCUT2D eigenvalue weighted by Crippen LogP contribution is 2.36. The Kier molecular flexibility index (Phi) is 6.58. The van der Waals surface area contributed by atoms with Gasteiger partial charge in [0.1, 0.15) is 18.0 Å². The molecule has 25 heavy (non-hydrogen) atoms. The minimum absolute atomic E-state index is 0.00151. The molecule has 1 aromatic rings. The number of alkyl carbamates (subject to hydrolysis) is 1. The van der Waals surface area contributed by atoms with Gasteiger partial charge in [-0.05, 0) is 38.9 Å². The van der Waals surface area contributed by atoms with Gasteiger partial charge in [-0.2, -0.15) is 0 Å². The Labute approximate surface area is 151 Å². The monoisotopic (exact) mass is 369 g/mol. The lowest BCUT2D eigenvalue weighted by Crippen LogP contribution is -2.51. The van der Waals surface area contributed by atoms with Crippen LogP contribution >= 0.6 is 0 Å². The van der Waals surface area contributed by atoms with Crippen molar-refractivity contribution in [2.75, 3.05) is 6.61 Å². The van der Waals surface area contributed by atoms with Gasteiger partial charge in [0.2, 0.25) is 0 Å². The van der Waals surface area contributed by atoms with Gasteiger partial charge in [0.05, 0.1) is 6.61 Å². The van der Waals surface area contributed by atoms with Gasteiger partial charge in [-0.25, -0.2) is 9.78 Å². The van der Waals surface area contributed by atoms with E-state index in [0.29, 0.717) is 0 Å². The second-order valence-corrected chi connectivity index (χ2v) is 13.4. The summed E-state index contributed by atoms with van der Waals surface area (Å²) in [5, 5.41) is 2.63. The molecular formula is C17H31N3O4Si. The van der Waals surface area contributed by atoms with Crippen molar-refractivity contribution in [2.24, 2.45) is 0 Å². The fourth-order valence-corrected chi connectivity index (χ4v) is 2.72. The molecule has 0 unspecified atom stereocenters. The Morgan fingerprint density at radius 3 is 2.24 bits per heavy atom. The molecule has 0 saturated carbocycles. The lowest BCUT2D eigenvalue weighted by atomic mass is 10.2. The number of ether oxygens (including phenoxy) is 1. The summed E-state index contributed by atoms with van der Waals surface area (Å²) < 4.78 is 12.7. The molecule has 0 fully saturated rings. The molecule has 0 aliphatic heterocycles. The first-order valence-electron chi connectivity index (χ1n) is 8.38. The second-order valence-electron chi connectivity index (χ2n) is 8.58. The molecule has 0 saturated heterocycles. The maximum absolute atomic E-state index is 12.7. The highest BCUT2D eigenvalue weighted by Gasteiger charge is 2.38. The van der Waals surface area contributed by atoms with Crippen LogP contribution in [0.25, 0.3) is 0 Å². The van der Waals surface area contributed by atoms with Gasteiger partial charge in [-0.1, -0.05) is 20.8 Å². The summed E-state index contributed by atoms with van der Waals surface area (Å²) in [6, 6.07) is -0.849. The van der Waals surface area contributed by atoms with E-state index in [4.69, 9.17) is 9.16 Å². The summed E-state index contributed by atoms with van der Waals surface area (Å²) in [4.78, 5) is 28.7. The van der Waals surface area contributed by atoms with Crippen molar-refractivity contribution in [3.8, 4) is 0 Å². The number of imidazole rings is 1. The van der Waals surface area contributed by atoms with Crippen LogP contribution in [0.4, 0.5) is 4.79 Å². The molecule has 0 aliphatic carbocycles. The summed E-state index contributed by atoms with van der Waals surface area (Å²) in [7, 11) is -2.07. The summed E-state index contributed by atoms with van der Waals surface area (Å²) in [5.74, 6) is -0.318. The van der Waals surface area contributed by atoms with E-state index in [1.807, 2.05) is 0 Å². The fraction of sp³-hybridized carbons (Fsp3) is 0.706. The maximum Gasteiger partial charge on any atom is 0.408 e. The van der Waals surface area contributed by atoms with E-state index in [1.54, 1.807) is 27.0 Å². The molecule has 0 aliphatic rings. The number of nitrogens with one attached hydrogen (secondary N) is 1. The molecule has 142 valence electrons. The number of amides is 1. The molecule has 0 spiro atoms. The van der Waals surface area contributed by atoms with Gasteiger partial charge >= 0.3 is 6.09 Å². The normalized spacial score (nSPS) is 14.1. The van der Waals surface area contributed by atoms with Crippen molar-refractivity contribution >= 4 is 20.3 Å². The number of rotatable bonds is 5. The molecule has 1 heterocycles. The zero-order valence-corrected chi connectivity index (χ0v) is 17.5. The SMILES string of the molecule is CC(C)(C)OC(=O)N[C@H](CO[Si](C)(C)C(C)(C)C)C(=O)n1ccnc1. The average molecular weight is 370 g/mol. The zero-order valence-electron chi connectivity index (χ0n) is 16.5. The highest BCUT2D eigenvalue weighted by atomic mass is 28.4. The predicted octanol–water partition coefficient (Wildman–Crippen LogP) is 3.44. The number of carbonyl (C=O) groups is 2. The van der Waals surface area contributed by atoms with Gasteiger partial charge < -0.3 is 14.5 Å². The number of aromatic nitrogens is 2. The summed E-state index contributed by atoms with van der Waals surface area (Å²) >= 11 is 0. The van der Waals surface area contributed by atoms with Crippen molar-refractivity contribution in [1.82, 2.24) is 14.9 Å². The summed E-state index contributed by atoms with van der Waals surface area (Å²) in [5.41, 5.74) is -0.646. The van der Waals surface area contributed by atoms with Crippen LogP contribution in [-0.2, 0) is 9.16 Å². The van der Waals surface area contributed by atoms with E-state index in [2.05, 4.69) is 44.2 Å². The van der Waals surface area contributed by atoms with Crippen molar-refractivity contribution in [3.63, 3.8) is 0 Å². The summed E-state index contributed by atoms with van der Waals surface area (Å²) in [6.45, 7) is 15.9.